The lowest BCUT2D eigenvalue weighted by molar-refractivity contribution is -0.145. The average molecular weight is 594 g/mol. The predicted molar refractivity (Wildman–Crippen MR) is 148 cm³/mol. The van der Waals surface area contributed by atoms with E-state index in [0.29, 0.717) is 17.9 Å². The molecule has 0 saturated heterocycles. The summed E-state index contributed by atoms with van der Waals surface area (Å²) in [6.45, 7) is 1.32. The Balaban J connectivity index is 1.56. The van der Waals surface area contributed by atoms with Gasteiger partial charge in [-0.05, 0) is 30.3 Å². The van der Waals surface area contributed by atoms with E-state index in [4.69, 9.17) is 25.4 Å². The van der Waals surface area contributed by atoms with Gasteiger partial charge in [0.05, 0.1) is 18.6 Å². The second kappa shape index (κ2) is 12.0. The zero-order valence-electron chi connectivity index (χ0n) is 22.5. The third kappa shape index (κ3) is 6.29. The summed E-state index contributed by atoms with van der Waals surface area (Å²) in [6, 6.07) is 10.1. The SMILES string of the molecule is CN1CCN=C1c1cccc(Oc2nc(Oc3cc(C(=N)N)ccc3O)c(F)c(OC(Cc3c[nH]cn3)C(=O)O)c2F)c1. The molecule has 0 amide bonds. The smallest absolute Gasteiger partial charge is 0.345 e. The van der Waals surface area contributed by atoms with Gasteiger partial charge in [-0.15, -0.1) is 0 Å². The van der Waals surface area contributed by atoms with E-state index in [1.165, 1.54) is 24.7 Å². The van der Waals surface area contributed by atoms with Crippen LogP contribution in [0.25, 0.3) is 0 Å². The van der Waals surface area contributed by atoms with Gasteiger partial charge in [0.15, 0.2) is 11.5 Å². The van der Waals surface area contributed by atoms with Crippen LogP contribution in [0.5, 0.6) is 34.8 Å². The van der Waals surface area contributed by atoms with Gasteiger partial charge in [0.25, 0.3) is 11.8 Å². The number of aliphatic imine (C=N–C) groups is 1. The molecule has 4 aromatic rings. The molecule has 0 bridgehead atoms. The van der Waals surface area contributed by atoms with Gasteiger partial charge in [-0.25, -0.2) is 9.78 Å². The number of hydrogen-bond acceptors (Lipinski definition) is 10. The minimum absolute atomic E-state index is 0.100. The highest BCUT2D eigenvalue weighted by molar-refractivity contribution is 6.00. The molecule has 5 rings (SSSR count). The summed E-state index contributed by atoms with van der Waals surface area (Å²) in [4.78, 5) is 28.8. The molecular formula is C28H25F2N7O6. The Labute approximate surface area is 242 Å². The molecule has 0 radical (unpaired) electrons. The largest absolute Gasteiger partial charge is 0.504 e. The summed E-state index contributed by atoms with van der Waals surface area (Å²) in [5, 5.41) is 27.6. The van der Waals surface area contributed by atoms with Crippen molar-refractivity contribution in [2.45, 2.75) is 12.5 Å². The van der Waals surface area contributed by atoms with Crippen LogP contribution in [0.2, 0.25) is 0 Å². The molecule has 1 aliphatic rings. The van der Waals surface area contributed by atoms with Crippen LogP contribution in [-0.2, 0) is 11.2 Å². The number of halogens is 2. The number of phenolic OH excluding ortho intramolecular Hbond substituents is 1. The van der Waals surface area contributed by atoms with Crippen molar-refractivity contribution >= 4 is 17.6 Å². The molecule has 222 valence electrons. The van der Waals surface area contributed by atoms with E-state index in [0.717, 1.165) is 18.7 Å². The van der Waals surface area contributed by atoms with Crippen molar-refractivity contribution in [3.8, 4) is 34.8 Å². The summed E-state index contributed by atoms with van der Waals surface area (Å²) >= 11 is 0. The number of hydrogen-bond donors (Lipinski definition) is 5. The minimum atomic E-state index is -1.77. The number of H-pyrrole nitrogens is 1. The maximum Gasteiger partial charge on any atom is 0.345 e. The number of phenols is 1. The third-order valence-corrected chi connectivity index (χ3v) is 6.31. The molecule has 2 aromatic heterocycles. The van der Waals surface area contributed by atoms with E-state index in [1.807, 2.05) is 11.9 Å². The number of nitrogens with zero attached hydrogens (tertiary/aromatic N) is 4. The van der Waals surface area contributed by atoms with Crippen LogP contribution in [0.1, 0.15) is 16.8 Å². The van der Waals surface area contributed by atoms with Crippen LogP contribution in [-0.4, -0.2) is 73.9 Å². The van der Waals surface area contributed by atoms with Crippen LogP contribution >= 0.6 is 0 Å². The molecule has 2 aromatic carbocycles. The number of benzene rings is 2. The molecular weight excluding hydrogens is 568 g/mol. The van der Waals surface area contributed by atoms with E-state index in [-0.39, 0.29) is 35.0 Å². The number of carboxylic acids is 1. The first-order valence-electron chi connectivity index (χ1n) is 12.8. The molecule has 0 spiro atoms. The number of nitrogen functional groups attached to an aromatic ring is 1. The van der Waals surface area contributed by atoms with Gasteiger partial charge in [-0.2, -0.15) is 13.8 Å². The second-order valence-corrected chi connectivity index (χ2v) is 9.34. The number of nitrogens with two attached hydrogens (primary N) is 1. The summed E-state index contributed by atoms with van der Waals surface area (Å²) in [7, 11) is 1.87. The number of carbonyl (C=O) groups is 1. The normalized spacial score (nSPS) is 13.4. The Kier molecular flexibility index (Phi) is 8.05. The molecule has 1 atom stereocenters. The zero-order valence-corrected chi connectivity index (χ0v) is 22.5. The van der Waals surface area contributed by atoms with Gasteiger partial charge in [-0.1, -0.05) is 12.1 Å². The number of carboxylic acid groups (broad SMARTS) is 1. The number of likely N-dealkylation sites (N-methyl/N-ethyl adjacent to an activating group) is 1. The van der Waals surface area contributed by atoms with Crippen molar-refractivity contribution in [3.05, 3.63) is 83.4 Å². The van der Waals surface area contributed by atoms with Crippen LogP contribution in [0.4, 0.5) is 8.78 Å². The highest BCUT2D eigenvalue weighted by Crippen LogP contribution is 2.40. The first-order chi connectivity index (χ1) is 20.6. The van der Waals surface area contributed by atoms with E-state index >= 15 is 8.78 Å². The Hall–Kier alpha value is -5.73. The molecule has 0 saturated carbocycles. The fourth-order valence-corrected chi connectivity index (χ4v) is 4.16. The maximum absolute atomic E-state index is 15.8. The number of aliphatic carboxylic acids is 1. The van der Waals surface area contributed by atoms with Crippen molar-refractivity contribution in [1.29, 1.82) is 5.41 Å². The Morgan fingerprint density at radius 1 is 1.19 bits per heavy atom. The molecule has 15 heteroatoms. The first-order valence-corrected chi connectivity index (χ1v) is 12.8. The topological polar surface area (TPSA) is 192 Å². The van der Waals surface area contributed by atoms with Gasteiger partial charge >= 0.3 is 5.97 Å². The molecule has 1 aliphatic heterocycles. The van der Waals surface area contributed by atoms with E-state index in [2.05, 4.69) is 19.9 Å². The highest BCUT2D eigenvalue weighted by atomic mass is 19.1. The van der Waals surface area contributed by atoms with E-state index in [1.54, 1.807) is 18.2 Å². The Morgan fingerprint density at radius 3 is 2.60 bits per heavy atom. The van der Waals surface area contributed by atoms with Crippen LogP contribution in [0.3, 0.4) is 0 Å². The van der Waals surface area contributed by atoms with Crippen molar-refractivity contribution in [2.75, 3.05) is 20.1 Å². The molecule has 3 heterocycles. The fraction of sp³-hybridized carbons (Fsp3) is 0.179. The number of aromatic nitrogens is 3. The number of imidazole rings is 1. The highest BCUT2D eigenvalue weighted by Gasteiger charge is 2.31. The van der Waals surface area contributed by atoms with Crippen molar-refractivity contribution < 1.29 is 38.0 Å². The van der Waals surface area contributed by atoms with Gasteiger partial charge in [0.2, 0.25) is 23.5 Å². The summed E-state index contributed by atoms with van der Waals surface area (Å²) < 4.78 is 48.0. The lowest BCUT2D eigenvalue weighted by atomic mass is 10.2. The van der Waals surface area contributed by atoms with Crippen molar-refractivity contribution in [2.24, 2.45) is 10.7 Å². The summed E-state index contributed by atoms with van der Waals surface area (Å²) in [5.74, 6) is -7.79. The number of pyridine rings is 1. The van der Waals surface area contributed by atoms with Crippen molar-refractivity contribution in [1.82, 2.24) is 19.9 Å². The lowest BCUT2D eigenvalue weighted by Gasteiger charge is -2.19. The average Bonchev–Trinajstić information content (AvgIpc) is 3.65. The minimum Gasteiger partial charge on any atom is -0.504 e. The zero-order chi connectivity index (χ0) is 30.7. The molecule has 6 N–H and O–H groups in total. The van der Waals surface area contributed by atoms with Gasteiger partial charge in [0.1, 0.15) is 17.4 Å². The van der Waals surface area contributed by atoms with Gasteiger partial charge < -0.3 is 40.0 Å². The number of ether oxygens (including phenoxy) is 3. The van der Waals surface area contributed by atoms with Gasteiger partial charge in [-0.3, -0.25) is 10.4 Å². The lowest BCUT2D eigenvalue weighted by Crippen LogP contribution is -2.30. The van der Waals surface area contributed by atoms with Crippen molar-refractivity contribution in [3.63, 3.8) is 0 Å². The molecule has 43 heavy (non-hydrogen) atoms. The quantitative estimate of drug-likeness (QED) is 0.127. The number of nitrogens with one attached hydrogen (secondary N) is 2. The van der Waals surface area contributed by atoms with E-state index < -0.39 is 47.0 Å². The Bertz CT molecular complexity index is 1710. The molecule has 1 unspecified atom stereocenters. The summed E-state index contributed by atoms with van der Waals surface area (Å²) in [6.07, 6.45) is 0.602. The number of amidine groups is 2. The number of rotatable bonds is 11. The first kappa shape index (κ1) is 28.8. The van der Waals surface area contributed by atoms with Crippen LogP contribution < -0.4 is 19.9 Å². The summed E-state index contributed by atoms with van der Waals surface area (Å²) in [5.41, 5.74) is 6.57. The van der Waals surface area contributed by atoms with Crippen LogP contribution in [0.15, 0.2) is 60.0 Å². The fourth-order valence-electron chi connectivity index (χ4n) is 4.16. The van der Waals surface area contributed by atoms with E-state index in [9.17, 15) is 15.0 Å². The van der Waals surface area contributed by atoms with Crippen LogP contribution in [0, 0.1) is 17.0 Å². The monoisotopic (exact) mass is 593 g/mol. The molecule has 0 aliphatic carbocycles. The predicted octanol–water partition coefficient (Wildman–Crippen LogP) is 3.42. The maximum atomic E-state index is 15.8. The molecule has 13 nitrogen and oxygen atoms in total. The number of aromatic hydroxyl groups is 1. The standard InChI is InChI=1S/C28H25F2N7O6/c1-37-8-7-34-25(37)15-3-2-4-17(9-15)41-26-21(29)23(42-20(28(39)40)11-16-12-33-13-35-16)22(30)27(36-26)43-19-10-14(24(31)32)5-6-18(19)38/h2-6,9-10,12-13,20,38H,7-8,11H2,1H3,(H3,31,32)(H,33,35)(H,39,40). The second-order valence-electron chi connectivity index (χ2n) is 9.34. The Morgan fingerprint density at radius 2 is 1.95 bits per heavy atom. The van der Waals surface area contributed by atoms with Gasteiger partial charge in [0, 0.05) is 37.3 Å². The third-order valence-electron chi connectivity index (χ3n) is 6.31. The molecule has 0 fully saturated rings. The number of aromatic amines is 1.